The molecule has 2 aromatic rings. The number of halogens is 1. The van der Waals surface area contributed by atoms with E-state index < -0.39 is 0 Å². The predicted octanol–water partition coefficient (Wildman–Crippen LogP) is 3.56. The van der Waals surface area contributed by atoms with Crippen LogP contribution in [0.2, 0.25) is 5.02 Å². The van der Waals surface area contributed by atoms with Crippen molar-refractivity contribution in [1.82, 2.24) is 10.3 Å². The van der Waals surface area contributed by atoms with E-state index in [0.717, 1.165) is 11.1 Å². The molecule has 1 amide bonds. The third kappa shape index (κ3) is 5.34. The van der Waals surface area contributed by atoms with Crippen molar-refractivity contribution in [2.75, 3.05) is 7.11 Å². The number of aryl methyl sites for hydroxylation is 1. The summed E-state index contributed by atoms with van der Waals surface area (Å²) >= 11 is 5.91. The normalized spacial score (nSPS) is 13.3. The number of nitrogens with zero attached hydrogens (tertiary/aromatic N) is 1. The van der Waals surface area contributed by atoms with Gasteiger partial charge in [0.15, 0.2) is 0 Å². The van der Waals surface area contributed by atoms with E-state index >= 15 is 0 Å². The van der Waals surface area contributed by atoms with E-state index in [-0.39, 0.29) is 18.1 Å². The summed E-state index contributed by atoms with van der Waals surface area (Å²) in [6.45, 7) is 1.94. The molecule has 1 heterocycles. The minimum atomic E-state index is -0.211. The zero-order chi connectivity index (χ0) is 16.7. The molecular weight excluding hydrogens is 312 g/mol. The van der Waals surface area contributed by atoms with Crippen LogP contribution in [-0.2, 0) is 16.0 Å². The summed E-state index contributed by atoms with van der Waals surface area (Å²) in [6.07, 6.45) is 4.39. The first-order valence-corrected chi connectivity index (χ1v) is 7.94. The second-order valence-electron chi connectivity index (χ2n) is 5.42. The van der Waals surface area contributed by atoms with Crippen molar-refractivity contribution in [2.45, 2.75) is 31.9 Å². The van der Waals surface area contributed by atoms with Gasteiger partial charge in [-0.2, -0.15) is 0 Å². The van der Waals surface area contributed by atoms with Crippen LogP contribution in [-0.4, -0.2) is 24.0 Å². The molecule has 0 radical (unpaired) electrons. The maximum atomic E-state index is 12.1. The van der Waals surface area contributed by atoms with E-state index in [1.165, 1.54) is 0 Å². The SMILES string of the molecule is CO[C@H](c1ccc(Cl)cc1)[C@H](C)NC(=O)CCc1ccncc1. The Balaban J connectivity index is 1.89. The molecule has 1 N–H and O–H groups in total. The standard InChI is InChI=1S/C18H21ClN2O2/c1-13(18(23-2)15-4-6-16(19)7-5-15)21-17(22)8-3-14-9-11-20-12-10-14/h4-7,9-13,18H,3,8H2,1-2H3,(H,21,22)/t13-,18-/m0/s1. The minimum Gasteiger partial charge on any atom is -0.375 e. The van der Waals surface area contributed by atoms with Crippen molar-refractivity contribution in [3.63, 3.8) is 0 Å². The van der Waals surface area contributed by atoms with E-state index in [0.29, 0.717) is 17.9 Å². The summed E-state index contributed by atoms with van der Waals surface area (Å²) in [5.41, 5.74) is 2.09. The summed E-state index contributed by atoms with van der Waals surface area (Å²) in [7, 11) is 1.64. The first-order chi connectivity index (χ1) is 11.1. The molecule has 1 aromatic carbocycles. The zero-order valence-corrected chi connectivity index (χ0v) is 14.1. The molecule has 0 saturated heterocycles. The number of aromatic nitrogens is 1. The quantitative estimate of drug-likeness (QED) is 0.843. The average molecular weight is 333 g/mol. The molecule has 0 bridgehead atoms. The van der Waals surface area contributed by atoms with Gasteiger partial charge in [0.25, 0.3) is 0 Å². The van der Waals surface area contributed by atoms with Crippen LogP contribution < -0.4 is 5.32 Å². The number of nitrogens with one attached hydrogen (secondary N) is 1. The minimum absolute atomic E-state index is 0.00493. The lowest BCUT2D eigenvalue weighted by Gasteiger charge is -2.24. The second-order valence-corrected chi connectivity index (χ2v) is 5.86. The number of rotatable bonds is 7. The number of pyridine rings is 1. The van der Waals surface area contributed by atoms with Gasteiger partial charge in [-0.05, 0) is 48.7 Å². The van der Waals surface area contributed by atoms with E-state index in [1.54, 1.807) is 19.5 Å². The van der Waals surface area contributed by atoms with Crippen LogP contribution in [0.1, 0.15) is 30.6 Å². The Morgan fingerprint density at radius 3 is 2.48 bits per heavy atom. The number of carbonyl (C=O) groups is 1. The Bertz CT molecular complexity index is 617. The number of carbonyl (C=O) groups excluding carboxylic acids is 1. The van der Waals surface area contributed by atoms with E-state index in [9.17, 15) is 4.79 Å². The summed E-state index contributed by atoms with van der Waals surface area (Å²) in [5.74, 6) is 0.00493. The molecule has 5 heteroatoms. The van der Waals surface area contributed by atoms with Crippen LogP contribution in [0.3, 0.4) is 0 Å². The van der Waals surface area contributed by atoms with Crippen LogP contribution >= 0.6 is 11.6 Å². The highest BCUT2D eigenvalue weighted by atomic mass is 35.5. The highest BCUT2D eigenvalue weighted by molar-refractivity contribution is 6.30. The van der Waals surface area contributed by atoms with Crippen molar-refractivity contribution in [1.29, 1.82) is 0 Å². The van der Waals surface area contributed by atoms with Crippen molar-refractivity contribution in [3.8, 4) is 0 Å². The number of benzene rings is 1. The predicted molar refractivity (Wildman–Crippen MR) is 91.4 cm³/mol. The van der Waals surface area contributed by atoms with Gasteiger partial charge in [-0.3, -0.25) is 9.78 Å². The van der Waals surface area contributed by atoms with Crippen LogP contribution in [0.5, 0.6) is 0 Å². The molecule has 122 valence electrons. The zero-order valence-electron chi connectivity index (χ0n) is 13.3. The maximum absolute atomic E-state index is 12.1. The first-order valence-electron chi connectivity index (χ1n) is 7.56. The highest BCUT2D eigenvalue weighted by Gasteiger charge is 2.20. The highest BCUT2D eigenvalue weighted by Crippen LogP contribution is 2.22. The van der Waals surface area contributed by atoms with Crippen molar-refractivity contribution in [3.05, 3.63) is 64.9 Å². The fraction of sp³-hybridized carbons (Fsp3) is 0.333. The largest absolute Gasteiger partial charge is 0.375 e. The van der Waals surface area contributed by atoms with Crippen LogP contribution in [0.15, 0.2) is 48.8 Å². The van der Waals surface area contributed by atoms with Gasteiger partial charge in [0.2, 0.25) is 5.91 Å². The molecule has 4 nitrogen and oxygen atoms in total. The van der Waals surface area contributed by atoms with Crippen LogP contribution in [0, 0.1) is 0 Å². The molecule has 0 aliphatic heterocycles. The van der Waals surface area contributed by atoms with Gasteiger partial charge >= 0.3 is 0 Å². The molecule has 1 aromatic heterocycles. The van der Waals surface area contributed by atoms with E-state index in [2.05, 4.69) is 10.3 Å². The third-order valence-corrected chi connectivity index (χ3v) is 3.94. The summed E-state index contributed by atoms with van der Waals surface area (Å²) in [4.78, 5) is 16.1. The number of methoxy groups -OCH3 is 1. The summed E-state index contributed by atoms with van der Waals surface area (Å²) in [6, 6.07) is 11.2. The Hall–Kier alpha value is -1.91. The van der Waals surface area contributed by atoms with Crippen LogP contribution in [0.4, 0.5) is 0 Å². The molecule has 0 aliphatic rings. The van der Waals surface area contributed by atoms with Gasteiger partial charge in [-0.1, -0.05) is 23.7 Å². The smallest absolute Gasteiger partial charge is 0.220 e. The van der Waals surface area contributed by atoms with Gasteiger partial charge in [0, 0.05) is 30.9 Å². The third-order valence-electron chi connectivity index (χ3n) is 3.69. The molecule has 2 rings (SSSR count). The Labute approximate surface area is 141 Å². The topological polar surface area (TPSA) is 51.2 Å². The molecular formula is C18H21ClN2O2. The second kappa shape index (κ2) is 8.65. The van der Waals surface area contributed by atoms with Gasteiger partial charge in [0.1, 0.15) is 6.10 Å². The summed E-state index contributed by atoms with van der Waals surface area (Å²) in [5, 5.41) is 3.68. The summed E-state index contributed by atoms with van der Waals surface area (Å²) < 4.78 is 5.54. The van der Waals surface area contributed by atoms with E-state index in [4.69, 9.17) is 16.3 Å². The van der Waals surface area contributed by atoms with Crippen molar-refractivity contribution < 1.29 is 9.53 Å². The lowest BCUT2D eigenvalue weighted by molar-refractivity contribution is -0.122. The lowest BCUT2D eigenvalue weighted by Crippen LogP contribution is -2.37. The van der Waals surface area contributed by atoms with Gasteiger partial charge in [0.05, 0.1) is 6.04 Å². The van der Waals surface area contributed by atoms with Crippen LogP contribution in [0.25, 0.3) is 0 Å². The van der Waals surface area contributed by atoms with Crippen molar-refractivity contribution >= 4 is 17.5 Å². The maximum Gasteiger partial charge on any atom is 0.220 e. The molecule has 2 atom stereocenters. The van der Waals surface area contributed by atoms with E-state index in [1.807, 2.05) is 43.3 Å². The number of ether oxygens (including phenoxy) is 1. The average Bonchev–Trinajstić information content (AvgIpc) is 2.56. The molecule has 0 unspecified atom stereocenters. The Morgan fingerprint density at radius 2 is 1.87 bits per heavy atom. The lowest BCUT2D eigenvalue weighted by atomic mass is 10.0. The number of hydrogen-bond acceptors (Lipinski definition) is 3. The number of hydrogen-bond donors (Lipinski definition) is 1. The molecule has 0 saturated carbocycles. The molecule has 23 heavy (non-hydrogen) atoms. The Kier molecular flexibility index (Phi) is 6.56. The van der Waals surface area contributed by atoms with Crippen molar-refractivity contribution in [2.24, 2.45) is 0 Å². The van der Waals surface area contributed by atoms with Gasteiger partial charge < -0.3 is 10.1 Å². The fourth-order valence-corrected chi connectivity index (χ4v) is 2.62. The fourth-order valence-electron chi connectivity index (χ4n) is 2.49. The van der Waals surface area contributed by atoms with Gasteiger partial charge in [-0.25, -0.2) is 0 Å². The molecule has 0 fully saturated rings. The van der Waals surface area contributed by atoms with Gasteiger partial charge in [-0.15, -0.1) is 0 Å². The first kappa shape index (κ1) is 17.4. The molecule has 0 spiro atoms. The Morgan fingerprint density at radius 1 is 1.22 bits per heavy atom. The number of amides is 1. The molecule has 0 aliphatic carbocycles. The monoisotopic (exact) mass is 332 g/mol.